The second kappa shape index (κ2) is 5.73. The number of hydrogen-bond acceptors (Lipinski definition) is 4. The van der Waals surface area contributed by atoms with Crippen LogP contribution < -0.4 is 10.5 Å². The number of hydrogen-bond donors (Lipinski definition) is 2. The zero-order valence-electron chi connectivity index (χ0n) is 11.1. The fraction of sp³-hybridized carbons (Fsp3) is 0.538. The summed E-state index contributed by atoms with van der Waals surface area (Å²) in [5, 5.41) is 0. The van der Waals surface area contributed by atoms with E-state index in [-0.39, 0.29) is 11.2 Å². The summed E-state index contributed by atoms with van der Waals surface area (Å²) in [6.07, 6.45) is 2.24. The Hall–Kier alpha value is -0.720. The quantitative estimate of drug-likeness (QED) is 0.597. The van der Waals surface area contributed by atoms with E-state index in [1.807, 2.05) is 24.3 Å². The van der Waals surface area contributed by atoms with E-state index in [0.717, 1.165) is 17.7 Å². The number of benzene rings is 1. The molecule has 1 fully saturated rings. The summed E-state index contributed by atoms with van der Waals surface area (Å²) in [4.78, 5) is 1.00. The Kier molecular flexibility index (Phi) is 4.43. The Morgan fingerprint density at radius 3 is 2.79 bits per heavy atom. The van der Waals surface area contributed by atoms with Crippen LogP contribution in [0.5, 0.6) is 0 Å². The Morgan fingerprint density at radius 1 is 1.42 bits per heavy atom. The molecule has 1 aromatic carbocycles. The van der Waals surface area contributed by atoms with E-state index in [1.54, 1.807) is 0 Å². The molecule has 1 aromatic rings. The molecular formula is C13H20N2O2S2. The van der Waals surface area contributed by atoms with Crippen LogP contribution >= 0.6 is 11.8 Å². The highest BCUT2D eigenvalue weighted by atomic mass is 32.2. The molecule has 2 rings (SSSR count). The highest BCUT2D eigenvalue weighted by Crippen LogP contribution is 2.44. The number of nitrogen functional groups attached to an aromatic ring is 1. The van der Waals surface area contributed by atoms with Gasteiger partial charge in [-0.1, -0.05) is 13.0 Å². The van der Waals surface area contributed by atoms with Gasteiger partial charge in [-0.25, -0.2) is 13.1 Å². The Labute approximate surface area is 119 Å². The number of sulfonamides is 1. The number of nitrogens with one attached hydrogen (secondary N) is 1. The summed E-state index contributed by atoms with van der Waals surface area (Å²) in [6, 6.07) is 7.49. The molecule has 0 saturated heterocycles. The third-order valence-electron chi connectivity index (χ3n) is 3.30. The van der Waals surface area contributed by atoms with E-state index in [9.17, 15) is 8.42 Å². The van der Waals surface area contributed by atoms with Gasteiger partial charge in [0.1, 0.15) is 0 Å². The first-order valence-electron chi connectivity index (χ1n) is 6.34. The maximum Gasteiger partial charge on any atom is 0.212 e. The number of thioether (sulfide) groups is 1. The summed E-state index contributed by atoms with van der Waals surface area (Å²) >= 11 is 1.51. The topological polar surface area (TPSA) is 72.2 Å². The van der Waals surface area contributed by atoms with Crippen LogP contribution in [0.3, 0.4) is 0 Å². The van der Waals surface area contributed by atoms with Crippen molar-refractivity contribution in [3.8, 4) is 0 Å². The van der Waals surface area contributed by atoms with Crippen molar-refractivity contribution < 1.29 is 8.42 Å². The molecule has 4 nitrogen and oxygen atoms in total. The van der Waals surface area contributed by atoms with E-state index in [1.165, 1.54) is 11.8 Å². The van der Waals surface area contributed by atoms with Crippen molar-refractivity contribution in [2.24, 2.45) is 5.41 Å². The van der Waals surface area contributed by atoms with Gasteiger partial charge in [0, 0.05) is 22.9 Å². The first-order valence-corrected chi connectivity index (χ1v) is 8.98. The van der Waals surface area contributed by atoms with Crippen molar-refractivity contribution in [3.05, 3.63) is 24.3 Å². The van der Waals surface area contributed by atoms with E-state index in [2.05, 4.69) is 11.6 Å². The first kappa shape index (κ1) is 14.7. The first-order chi connectivity index (χ1) is 8.89. The Balaban J connectivity index is 1.75. The molecule has 0 spiro atoms. The molecular weight excluding hydrogens is 280 g/mol. The van der Waals surface area contributed by atoms with Crippen LogP contribution in [0.1, 0.15) is 19.8 Å². The zero-order chi connectivity index (χ0) is 13.9. The Morgan fingerprint density at radius 2 is 2.16 bits per heavy atom. The molecule has 1 saturated carbocycles. The van der Waals surface area contributed by atoms with Crippen LogP contribution in [0.25, 0.3) is 0 Å². The largest absolute Gasteiger partial charge is 0.399 e. The molecule has 0 unspecified atom stereocenters. The fourth-order valence-electron chi connectivity index (χ4n) is 1.62. The van der Waals surface area contributed by atoms with Gasteiger partial charge in [0.25, 0.3) is 0 Å². The third kappa shape index (κ3) is 5.04. The highest BCUT2D eigenvalue weighted by Gasteiger charge is 2.37. The summed E-state index contributed by atoms with van der Waals surface area (Å²) in [6.45, 7) is 2.68. The van der Waals surface area contributed by atoms with Crippen LogP contribution in [0.4, 0.5) is 5.69 Å². The average Bonchev–Trinajstić information content (AvgIpc) is 3.06. The summed E-state index contributed by atoms with van der Waals surface area (Å²) in [5.41, 5.74) is 6.58. The van der Waals surface area contributed by atoms with Crippen molar-refractivity contribution in [2.75, 3.05) is 23.8 Å². The molecule has 19 heavy (non-hydrogen) atoms. The molecule has 0 heterocycles. The fourth-order valence-corrected chi connectivity index (χ4v) is 4.17. The van der Waals surface area contributed by atoms with E-state index >= 15 is 0 Å². The normalized spacial score (nSPS) is 17.3. The molecule has 0 atom stereocenters. The zero-order valence-corrected chi connectivity index (χ0v) is 12.7. The smallest absolute Gasteiger partial charge is 0.212 e. The molecule has 3 N–H and O–H groups in total. The van der Waals surface area contributed by atoms with Gasteiger partial charge < -0.3 is 5.73 Å². The second-order valence-corrected chi connectivity index (χ2v) is 8.47. The number of anilines is 1. The predicted molar refractivity (Wildman–Crippen MR) is 80.7 cm³/mol. The SMILES string of the molecule is CC1(CNS(=O)(=O)CCSc2cccc(N)c2)CC1. The molecule has 6 heteroatoms. The van der Waals surface area contributed by atoms with Gasteiger partial charge in [-0.15, -0.1) is 11.8 Å². The summed E-state index contributed by atoms with van der Waals surface area (Å²) < 4.78 is 26.3. The maximum atomic E-state index is 11.8. The van der Waals surface area contributed by atoms with E-state index in [0.29, 0.717) is 18.0 Å². The third-order valence-corrected chi connectivity index (χ3v) is 5.88. The molecule has 0 bridgehead atoms. The van der Waals surface area contributed by atoms with Gasteiger partial charge in [0.15, 0.2) is 0 Å². The van der Waals surface area contributed by atoms with Gasteiger partial charge in [-0.2, -0.15) is 0 Å². The van der Waals surface area contributed by atoms with Crippen LogP contribution in [-0.2, 0) is 10.0 Å². The molecule has 0 aliphatic heterocycles. The van der Waals surface area contributed by atoms with Crippen molar-refractivity contribution >= 4 is 27.5 Å². The van der Waals surface area contributed by atoms with Crippen LogP contribution in [0.15, 0.2) is 29.2 Å². The number of rotatable bonds is 7. The maximum absolute atomic E-state index is 11.8. The molecule has 106 valence electrons. The molecule has 0 aromatic heterocycles. The lowest BCUT2D eigenvalue weighted by Gasteiger charge is -2.10. The molecule has 1 aliphatic rings. The van der Waals surface area contributed by atoms with Gasteiger partial charge in [-0.3, -0.25) is 0 Å². The monoisotopic (exact) mass is 300 g/mol. The van der Waals surface area contributed by atoms with E-state index < -0.39 is 10.0 Å². The predicted octanol–water partition coefficient (Wildman–Crippen LogP) is 2.08. The van der Waals surface area contributed by atoms with Crippen LogP contribution in [0, 0.1) is 5.41 Å². The highest BCUT2D eigenvalue weighted by molar-refractivity contribution is 8.00. The lowest BCUT2D eigenvalue weighted by Crippen LogP contribution is -2.31. The van der Waals surface area contributed by atoms with Gasteiger partial charge >= 0.3 is 0 Å². The van der Waals surface area contributed by atoms with Gasteiger partial charge in [0.05, 0.1) is 5.75 Å². The van der Waals surface area contributed by atoms with Crippen LogP contribution in [0.2, 0.25) is 0 Å². The summed E-state index contributed by atoms with van der Waals surface area (Å²) in [5.74, 6) is 0.679. The average molecular weight is 300 g/mol. The van der Waals surface area contributed by atoms with E-state index in [4.69, 9.17) is 5.73 Å². The number of nitrogens with two attached hydrogens (primary N) is 1. The minimum atomic E-state index is -3.16. The second-order valence-electron chi connectivity index (χ2n) is 5.37. The van der Waals surface area contributed by atoms with Crippen molar-refractivity contribution in [2.45, 2.75) is 24.7 Å². The lowest BCUT2D eigenvalue weighted by molar-refractivity contribution is 0.531. The van der Waals surface area contributed by atoms with Gasteiger partial charge in [-0.05, 0) is 36.5 Å². The van der Waals surface area contributed by atoms with Crippen LogP contribution in [-0.4, -0.2) is 26.5 Å². The Bertz CT molecular complexity index is 539. The van der Waals surface area contributed by atoms with Crippen molar-refractivity contribution in [1.29, 1.82) is 0 Å². The van der Waals surface area contributed by atoms with Crippen molar-refractivity contribution in [1.82, 2.24) is 4.72 Å². The molecule has 0 amide bonds. The minimum absolute atomic E-state index is 0.141. The molecule has 1 aliphatic carbocycles. The molecule has 0 radical (unpaired) electrons. The van der Waals surface area contributed by atoms with Gasteiger partial charge in [0.2, 0.25) is 10.0 Å². The minimum Gasteiger partial charge on any atom is -0.399 e. The van der Waals surface area contributed by atoms with Crippen molar-refractivity contribution in [3.63, 3.8) is 0 Å². The summed E-state index contributed by atoms with van der Waals surface area (Å²) in [7, 11) is -3.16. The standard InChI is InChI=1S/C13H20N2O2S2/c1-13(5-6-13)10-15-19(16,17)8-7-18-12-4-2-3-11(14)9-12/h2-4,9,15H,5-8,10,14H2,1H3. The lowest BCUT2D eigenvalue weighted by atomic mass is 10.2.